The van der Waals surface area contributed by atoms with E-state index in [1.807, 2.05) is 49.4 Å². The quantitative estimate of drug-likeness (QED) is 0.378. The SMILES string of the molecule is CCN(CC)c1ccc(/C=C2\Oc3c(ccc(OCc4cccc(Cl)c4)c3C)C2=O)cc1. The zero-order valence-corrected chi connectivity index (χ0v) is 19.3. The zero-order valence-electron chi connectivity index (χ0n) is 18.5. The maximum atomic E-state index is 12.9. The monoisotopic (exact) mass is 447 g/mol. The number of benzene rings is 3. The zero-order chi connectivity index (χ0) is 22.7. The highest BCUT2D eigenvalue weighted by molar-refractivity contribution is 6.30. The number of halogens is 1. The average molecular weight is 448 g/mol. The van der Waals surface area contributed by atoms with E-state index in [0.717, 1.165) is 35.5 Å². The Morgan fingerprint density at radius 3 is 2.47 bits per heavy atom. The molecule has 1 aliphatic heterocycles. The number of ketones is 1. The van der Waals surface area contributed by atoms with Crippen LogP contribution in [-0.2, 0) is 6.61 Å². The molecular formula is C27H26ClNO3. The number of carbonyl (C=O) groups is 1. The van der Waals surface area contributed by atoms with Gasteiger partial charge in [-0.25, -0.2) is 0 Å². The van der Waals surface area contributed by atoms with Gasteiger partial charge in [-0.2, -0.15) is 0 Å². The number of anilines is 1. The summed E-state index contributed by atoms with van der Waals surface area (Å²) in [7, 11) is 0. The van der Waals surface area contributed by atoms with Crippen molar-refractivity contribution in [3.63, 3.8) is 0 Å². The van der Waals surface area contributed by atoms with E-state index >= 15 is 0 Å². The van der Waals surface area contributed by atoms with Crippen molar-refractivity contribution in [3.05, 3.63) is 93.7 Å². The Morgan fingerprint density at radius 1 is 1.03 bits per heavy atom. The third-order valence-electron chi connectivity index (χ3n) is 5.64. The average Bonchev–Trinajstić information content (AvgIpc) is 3.11. The second-order valence-electron chi connectivity index (χ2n) is 7.69. The predicted octanol–water partition coefficient (Wildman–Crippen LogP) is 6.69. The summed E-state index contributed by atoms with van der Waals surface area (Å²) in [5.74, 6) is 1.45. The highest BCUT2D eigenvalue weighted by atomic mass is 35.5. The Bertz CT molecular complexity index is 1160. The van der Waals surface area contributed by atoms with E-state index in [0.29, 0.717) is 34.5 Å². The molecule has 0 atom stereocenters. The molecule has 0 aromatic heterocycles. The molecule has 0 fully saturated rings. The van der Waals surface area contributed by atoms with E-state index in [-0.39, 0.29) is 5.78 Å². The number of hydrogen-bond acceptors (Lipinski definition) is 4. The van der Waals surface area contributed by atoms with Crippen LogP contribution >= 0.6 is 11.6 Å². The van der Waals surface area contributed by atoms with Gasteiger partial charge in [-0.05, 0) is 74.4 Å². The molecule has 32 heavy (non-hydrogen) atoms. The molecule has 4 nitrogen and oxygen atoms in total. The number of fused-ring (bicyclic) bond motifs is 1. The van der Waals surface area contributed by atoms with Crippen LogP contribution in [0.5, 0.6) is 11.5 Å². The highest BCUT2D eigenvalue weighted by Gasteiger charge is 2.30. The van der Waals surface area contributed by atoms with Gasteiger partial charge in [-0.3, -0.25) is 4.79 Å². The molecule has 0 spiro atoms. The van der Waals surface area contributed by atoms with Gasteiger partial charge in [0.2, 0.25) is 5.78 Å². The Labute approximate surface area is 194 Å². The number of Topliss-reactive ketones (excluding diaryl/α,β-unsaturated/α-hetero) is 1. The second kappa shape index (κ2) is 9.49. The lowest BCUT2D eigenvalue weighted by Crippen LogP contribution is -2.21. The van der Waals surface area contributed by atoms with Crippen molar-refractivity contribution >= 4 is 29.1 Å². The summed E-state index contributed by atoms with van der Waals surface area (Å²) in [6.45, 7) is 8.47. The van der Waals surface area contributed by atoms with Gasteiger partial charge in [0.25, 0.3) is 0 Å². The van der Waals surface area contributed by atoms with Gasteiger partial charge in [0.15, 0.2) is 5.76 Å². The van der Waals surface area contributed by atoms with Crippen molar-refractivity contribution in [3.8, 4) is 11.5 Å². The molecule has 0 unspecified atom stereocenters. The fourth-order valence-corrected chi connectivity index (χ4v) is 4.05. The van der Waals surface area contributed by atoms with Crippen LogP contribution in [0.15, 0.2) is 66.4 Å². The van der Waals surface area contributed by atoms with E-state index in [9.17, 15) is 4.79 Å². The van der Waals surface area contributed by atoms with Gasteiger partial charge >= 0.3 is 0 Å². The fraction of sp³-hybridized carbons (Fsp3) is 0.222. The Balaban J connectivity index is 1.52. The molecule has 0 saturated heterocycles. The van der Waals surface area contributed by atoms with Crippen molar-refractivity contribution in [2.24, 2.45) is 0 Å². The smallest absolute Gasteiger partial charge is 0.231 e. The van der Waals surface area contributed by atoms with Crippen LogP contribution in [-0.4, -0.2) is 18.9 Å². The minimum atomic E-state index is -0.114. The molecule has 5 heteroatoms. The number of hydrogen-bond donors (Lipinski definition) is 0. The Morgan fingerprint density at radius 2 is 1.78 bits per heavy atom. The maximum Gasteiger partial charge on any atom is 0.231 e. The largest absolute Gasteiger partial charge is 0.488 e. The van der Waals surface area contributed by atoms with Crippen molar-refractivity contribution in [1.29, 1.82) is 0 Å². The normalized spacial score (nSPS) is 13.8. The van der Waals surface area contributed by atoms with Gasteiger partial charge in [0.05, 0.1) is 5.56 Å². The van der Waals surface area contributed by atoms with Gasteiger partial charge < -0.3 is 14.4 Å². The first-order chi connectivity index (χ1) is 15.5. The van der Waals surface area contributed by atoms with Crippen LogP contribution in [0.3, 0.4) is 0 Å². The standard InChI is InChI=1S/C27H26ClNO3/c1-4-29(5-2)22-11-9-19(10-12-22)16-25-26(30)23-13-14-24(18(3)27(23)32-25)31-17-20-7-6-8-21(28)15-20/h6-16H,4-5,17H2,1-3H3/b25-16-. The van der Waals surface area contributed by atoms with E-state index in [4.69, 9.17) is 21.1 Å². The molecule has 0 amide bonds. The van der Waals surface area contributed by atoms with Crippen LogP contribution in [0.2, 0.25) is 5.02 Å². The topological polar surface area (TPSA) is 38.8 Å². The van der Waals surface area contributed by atoms with Crippen LogP contribution in [0.1, 0.15) is 40.9 Å². The predicted molar refractivity (Wildman–Crippen MR) is 130 cm³/mol. The number of allylic oxidation sites excluding steroid dienone is 1. The molecule has 3 aromatic carbocycles. The van der Waals surface area contributed by atoms with E-state index in [1.54, 1.807) is 12.1 Å². The molecule has 3 aromatic rings. The Hall–Kier alpha value is -3.24. The fourth-order valence-electron chi connectivity index (χ4n) is 3.83. The summed E-state index contributed by atoms with van der Waals surface area (Å²) in [5, 5.41) is 0.672. The summed E-state index contributed by atoms with van der Waals surface area (Å²) in [4.78, 5) is 15.2. The number of carbonyl (C=O) groups excluding carboxylic acids is 1. The molecular weight excluding hydrogens is 422 g/mol. The first-order valence-electron chi connectivity index (χ1n) is 10.8. The van der Waals surface area contributed by atoms with Gasteiger partial charge in [-0.1, -0.05) is 35.9 Å². The molecule has 0 saturated carbocycles. The second-order valence-corrected chi connectivity index (χ2v) is 8.12. The van der Waals surface area contributed by atoms with Crippen LogP contribution in [0.4, 0.5) is 5.69 Å². The summed E-state index contributed by atoms with van der Waals surface area (Å²) >= 11 is 6.05. The Kier molecular flexibility index (Phi) is 6.52. The van der Waals surface area contributed by atoms with Crippen LogP contribution in [0, 0.1) is 6.92 Å². The summed E-state index contributed by atoms with van der Waals surface area (Å²) in [5.41, 5.74) is 4.42. The number of nitrogens with zero attached hydrogens (tertiary/aromatic N) is 1. The van der Waals surface area contributed by atoms with Gasteiger partial charge in [0, 0.05) is 29.4 Å². The number of ether oxygens (including phenoxy) is 2. The lowest BCUT2D eigenvalue weighted by atomic mass is 10.1. The minimum Gasteiger partial charge on any atom is -0.488 e. The molecule has 0 aliphatic carbocycles. The van der Waals surface area contributed by atoms with Crippen molar-refractivity contribution in [2.45, 2.75) is 27.4 Å². The third kappa shape index (κ3) is 4.51. The summed E-state index contributed by atoms with van der Waals surface area (Å²) in [6, 6.07) is 19.3. The molecule has 4 rings (SSSR count). The lowest BCUT2D eigenvalue weighted by Gasteiger charge is -2.20. The molecule has 0 bridgehead atoms. The molecule has 0 N–H and O–H groups in total. The molecule has 1 aliphatic rings. The molecule has 164 valence electrons. The number of rotatable bonds is 7. The first-order valence-corrected chi connectivity index (χ1v) is 11.2. The van der Waals surface area contributed by atoms with E-state index in [2.05, 4.69) is 30.9 Å². The molecule has 0 radical (unpaired) electrons. The molecule has 1 heterocycles. The highest BCUT2D eigenvalue weighted by Crippen LogP contribution is 2.39. The lowest BCUT2D eigenvalue weighted by molar-refractivity contribution is 0.101. The van der Waals surface area contributed by atoms with Crippen molar-refractivity contribution < 1.29 is 14.3 Å². The van der Waals surface area contributed by atoms with Crippen molar-refractivity contribution in [2.75, 3.05) is 18.0 Å². The van der Waals surface area contributed by atoms with Crippen LogP contribution < -0.4 is 14.4 Å². The summed E-state index contributed by atoms with van der Waals surface area (Å²) < 4.78 is 12.0. The van der Waals surface area contributed by atoms with Crippen LogP contribution in [0.25, 0.3) is 6.08 Å². The maximum absolute atomic E-state index is 12.9. The van der Waals surface area contributed by atoms with Crippen molar-refractivity contribution in [1.82, 2.24) is 0 Å². The first kappa shape index (κ1) is 22.0. The van der Waals surface area contributed by atoms with E-state index < -0.39 is 0 Å². The minimum absolute atomic E-state index is 0.114. The van der Waals surface area contributed by atoms with E-state index in [1.165, 1.54) is 0 Å². The van der Waals surface area contributed by atoms with Gasteiger partial charge in [0.1, 0.15) is 18.1 Å². The summed E-state index contributed by atoms with van der Waals surface area (Å²) in [6.07, 6.45) is 1.79. The van der Waals surface area contributed by atoms with Gasteiger partial charge in [-0.15, -0.1) is 0 Å². The third-order valence-corrected chi connectivity index (χ3v) is 5.87.